The molecular weight excluding hydrogens is 470 g/mol. The molecule has 0 fully saturated rings. The normalized spacial score (nSPS) is 14.4. The maximum Gasteiger partial charge on any atom is 0.264 e. The van der Waals surface area contributed by atoms with Crippen molar-refractivity contribution < 1.29 is 22.1 Å². The number of imidazole rings is 1. The van der Waals surface area contributed by atoms with Crippen molar-refractivity contribution in [3.8, 4) is 34.4 Å². The minimum atomic E-state index is -3.55. The van der Waals surface area contributed by atoms with Crippen LogP contribution in [0.15, 0.2) is 24.4 Å². The second kappa shape index (κ2) is 9.98. The molecule has 1 unspecified atom stereocenters. The van der Waals surface area contributed by atoms with Crippen molar-refractivity contribution in [1.29, 1.82) is 0 Å². The third-order valence-corrected chi connectivity index (χ3v) is 6.08. The minimum absolute atomic E-state index is 0.0430. The van der Waals surface area contributed by atoms with E-state index in [1.54, 1.807) is 0 Å². The first-order chi connectivity index (χ1) is 16.5. The lowest BCUT2D eigenvalue weighted by Crippen LogP contribution is -2.26. The summed E-state index contributed by atoms with van der Waals surface area (Å²) in [4.78, 5) is 9.50. The van der Waals surface area contributed by atoms with Gasteiger partial charge in [0.25, 0.3) is 10.1 Å². The summed E-state index contributed by atoms with van der Waals surface area (Å²) in [5.41, 5.74) is 1.61. The molecule has 3 heterocycles. The van der Waals surface area contributed by atoms with Crippen molar-refractivity contribution in [2.75, 3.05) is 19.5 Å². The van der Waals surface area contributed by atoms with Crippen molar-refractivity contribution in [3.05, 3.63) is 30.2 Å². The molecule has 1 atom stereocenters. The van der Waals surface area contributed by atoms with Gasteiger partial charge in [0.1, 0.15) is 48.2 Å². The van der Waals surface area contributed by atoms with E-state index in [0.29, 0.717) is 42.8 Å². The summed E-state index contributed by atoms with van der Waals surface area (Å²) >= 11 is 0. The second-order valence-electron chi connectivity index (χ2n) is 9.53. The van der Waals surface area contributed by atoms with E-state index >= 15 is 0 Å². The minimum Gasteiger partial charge on any atom is -0.491 e. The van der Waals surface area contributed by atoms with E-state index in [4.69, 9.17) is 18.6 Å². The molecule has 0 saturated carbocycles. The first-order valence-corrected chi connectivity index (χ1v) is 13.6. The Morgan fingerprint density at radius 2 is 1.91 bits per heavy atom. The molecule has 0 spiro atoms. The summed E-state index contributed by atoms with van der Waals surface area (Å²) < 4.78 is 44.0. The number of aromatic nitrogens is 5. The number of ether oxygens (including phenoxy) is 2. The van der Waals surface area contributed by atoms with Gasteiger partial charge in [0.2, 0.25) is 0 Å². The molecule has 0 radical (unpaired) electrons. The summed E-state index contributed by atoms with van der Waals surface area (Å²) in [6, 6.07) is 5.75. The number of hydrogen-bond donors (Lipinski definition) is 0. The highest BCUT2D eigenvalue weighted by atomic mass is 32.2. The van der Waals surface area contributed by atoms with Gasteiger partial charge in [-0.25, -0.2) is 14.6 Å². The molecule has 10 nitrogen and oxygen atoms in total. The fraction of sp³-hybridized carbons (Fsp3) is 0.542. The average molecular weight is 504 g/mol. The third-order valence-electron chi connectivity index (χ3n) is 5.52. The number of nitrogens with zero attached hydrogens (tertiary/aromatic N) is 5. The van der Waals surface area contributed by atoms with E-state index in [9.17, 15) is 8.42 Å². The lowest BCUT2D eigenvalue weighted by Gasteiger charge is -2.21. The average Bonchev–Trinajstić information content (AvgIpc) is 3.31. The maximum absolute atomic E-state index is 11.5. The molecule has 0 bridgehead atoms. The molecule has 11 heteroatoms. The van der Waals surface area contributed by atoms with Crippen molar-refractivity contribution in [3.63, 3.8) is 0 Å². The van der Waals surface area contributed by atoms with Gasteiger partial charge in [0.15, 0.2) is 5.82 Å². The SMILES string of the molecule is Cc1nc(-c2cn3c(n2)-c2ccc(OC(COS(C)(=O)=O)CC(C)C)cc2OCC3)n(C(C)C)n1. The van der Waals surface area contributed by atoms with Crippen LogP contribution in [0.4, 0.5) is 0 Å². The zero-order valence-electron chi connectivity index (χ0n) is 21.1. The Kier molecular flexibility index (Phi) is 7.18. The smallest absolute Gasteiger partial charge is 0.264 e. The summed E-state index contributed by atoms with van der Waals surface area (Å²) in [6.07, 6.45) is 3.27. The van der Waals surface area contributed by atoms with Crippen LogP contribution in [-0.4, -0.2) is 58.3 Å². The third kappa shape index (κ3) is 6.02. The largest absolute Gasteiger partial charge is 0.491 e. The maximum atomic E-state index is 11.5. The molecule has 4 rings (SSSR count). The second-order valence-corrected chi connectivity index (χ2v) is 11.2. The molecule has 0 aliphatic carbocycles. The molecule has 0 saturated heterocycles. The van der Waals surface area contributed by atoms with Crippen LogP contribution < -0.4 is 9.47 Å². The molecule has 2 aromatic heterocycles. The van der Waals surface area contributed by atoms with Gasteiger partial charge in [-0.2, -0.15) is 13.5 Å². The van der Waals surface area contributed by atoms with E-state index in [-0.39, 0.29) is 12.6 Å². The highest BCUT2D eigenvalue weighted by Crippen LogP contribution is 2.37. The summed E-state index contributed by atoms with van der Waals surface area (Å²) in [5.74, 6) is 3.78. The Bertz CT molecular complexity index is 1300. The summed E-state index contributed by atoms with van der Waals surface area (Å²) in [5, 5.41) is 4.51. The fourth-order valence-electron chi connectivity index (χ4n) is 4.08. The molecule has 35 heavy (non-hydrogen) atoms. The predicted molar refractivity (Wildman–Crippen MR) is 132 cm³/mol. The van der Waals surface area contributed by atoms with E-state index in [2.05, 4.69) is 42.3 Å². The first-order valence-electron chi connectivity index (χ1n) is 11.8. The molecule has 0 N–H and O–H groups in total. The number of hydrogen-bond acceptors (Lipinski definition) is 8. The Morgan fingerprint density at radius 3 is 2.60 bits per heavy atom. The van der Waals surface area contributed by atoms with Crippen LogP contribution in [0.1, 0.15) is 46.0 Å². The quantitative estimate of drug-likeness (QED) is 0.405. The number of aryl methyl sites for hydroxylation is 1. The van der Waals surface area contributed by atoms with Crippen LogP contribution in [0.3, 0.4) is 0 Å². The van der Waals surface area contributed by atoms with Crippen LogP contribution in [-0.2, 0) is 20.8 Å². The molecular formula is C24H33N5O5S. The zero-order valence-corrected chi connectivity index (χ0v) is 21.9. The molecule has 1 aliphatic heterocycles. The predicted octanol–water partition coefficient (Wildman–Crippen LogP) is 3.86. The molecule has 1 aliphatic rings. The van der Waals surface area contributed by atoms with E-state index in [1.165, 1.54) is 0 Å². The monoisotopic (exact) mass is 503 g/mol. The fourth-order valence-corrected chi connectivity index (χ4v) is 4.47. The van der Waals surface area contributed by atoms with E-state index in [1.807, 2.05) is 36.0 Å². The Balaban J connectivity index is 1.63. The van der Waals surface area contributed by atoms with Gasteiger partial charge in [-0.1, -0.05) is 13.8 Å². The Morgan fingerprint density at radius 1 is 1.14 bits per heavy atom. The van der Waals surface area contributed by atoms with Crippen LogP contribution in [0.25, 0.3) is 22.9 Å². The lowest BCUT2D eigenvalue weighted by atomic mass is 10.1. The van der Waals surface area contributed by atoms with Gasteiger partial charge in [-0.3, -0.25) is 4.18 Å². The lowest BCUT2D eigenvalue weighted by molar-refractivity contribution is 0.113. The first kappa shape index (κ1) is 25.2. The standard InChI is InChI=1S/C24H33N5O5S/c1-15(2)11-19(14-33-35(6,30)31)34-18-7-8-20-22(12-18)32-10-9-28-13-21(26-23(20)28)24-25-17(5)27-29(24)16(3)4/h7-8,12-13,15-16,19H,9-11,14H2,1-6H3. The number of benzene rings is 1. The van der Waals surface area contributed by atoms with Crippen LogP contribution in [0, 0.1) is 12.8 Å². The van der Waals surface area contributed by atoms with Crippen molar-refractivity contribution >= 4 is 10.1 Å². The van der Waals surface area contributed by atoms with Crippen LogP contribution >= 0.6 is 0 Å². The van der Waals surface area contributed by atoms with Crippen molar-refractivity contribution in [1.82, 2.24) is 24.3 Å². The van der Waals surface area contributed by atoms with Gasteiger partial charge in [-0.05, 0) is 45.2 Å². The van der Waals surface area contributed by atoms with Crippen molar-refractivity contribution in [2.45, 2.75) is 59.7 Å². The Labute approximate surface area is 206 Å². The van der Waals surface area contributed by atoms with Gasteiger partial charge >= 0.3 is 0 Å². The number of fused-ring (bicyclic) bond motifs is 3. The zero-order chi connectivity index (χ0) is 25.3. The van der Waals surface area contributed by atoms with Crippen molar-refractivity contribution in [2.24, 2.45) is 5.92 Å². The highest BCUT2D eigenvalue weighted by Gasteiger charge is 2.23. The molecule has 1 aromatic carbocycles. The summed E-state index contributed by atoms with van der Waals surface area (Å²) in [6.45, 7) is 11.2. The molecule has 190 valence electrons. The number of rotatable bonds is 9. The molecule has 3 aromatic rings. The van der Waals surface area contributed by atoms with Crippen LogP contribution in [0.2, 0.25) is 0 Å². The van der Waals surface area contributed by atoms with E-state index in [0.717, 1.165) is 29.2 Å². The topological polar surface area (TPSA) is 110 Å². The van der Waals surface area contributed by atoms with Gasteiger partial charge in [0.05, 0.1) is 18.4 Å². The van der Waals surface area contributed by atoms with Crippen LogP contribution in [0.5, 0.6) is 11.5 Å². The van der Waals surface area contributed by atoms with Gasteiger partial charge < -0.3 is 14.0 Å². The summed E-state index contributed by atoms with van der Waals surface area (Å²) in [7, 11) is -3.55. The van der Waals surface area contributed by atoms with E-state index < -0.39 is 16.2 Å². The molecule has 0 amide bonds. The highest BCUT2D eigenvalue weighted by molar-refractivity contribution is 7.85. The Hall–Kier alpha value is -2.92. The van der Waals surface area contributed by atoms with Gasteiger partial charge in [0, 0.05) is 18.3 Å². The van der Waals surface area contributed by atoms with Gasteiger partial charge in [-0.15, -0.1) is 0 Å².